The van der Waals surface area contributed by atoms with Crippen LogP contribution in [0.25, 0.3) is 0 Å². The lowest BCUT2D eigenvalue weighted by molar-refractivity contribution is -0.130. The summed E-state index contributed by atoms with van der Waals surface area (Å²) in [5.74, 6) is 0.819. The zero-order valence-corrected chi connectivity index (χ0v) is 22.4. The van der Waals surface area contributed by atoms with Crippen LogP contribution in [0.3, 0.4) is 0 Å². The molecule has 2 aromatic carbocycles. The van der Waals surface area contributed by atoms with Crippen LogP contribution < -0.4 is 9.64 Å². The van der Waals surface area contributed by atoms with Crippen molar-refractivity contribution in [3.05, 3.63) is 54.1 Å². The Morgan fingerprint density at radius 3 is 2.19 bits per heavy atom. The minimum Gasteiger partial charge on any atom is -0.497 e. The second-order valence-corrected chi connectivity index (χ2v) is 10.7. The van der Waals surface area contributed by atoms with Crippen LogP contribution in [0, 0.1) is 0 Å². The van der Waals surface area contributed by atoms with Gasteiger partial charge in [0.15, 0.2) is 6.10 Å². The molecule has 3 aliphatic rings. The van der Waals surface area contributed by atoms with Gasteiger partial charge >= 0.3 is 0 Å². The highest BCUT2D eigenvalue weighted by atomic mass is 32.2. The van der Waals surface area contributed by atoms with Crippen molar-refractivity contribution in [2.24, 2.45) is 0 Å². The van der Waals surface area contributed by atoms with E-state index < -0.39 is 6.10 Å². The molecule has 2 atom stereocenters. The van der Waals surface area contributed by atoms with Crippen molar-refractivity contribution < 1.29 is 23.7 Å². The van der Waals surface area contributed by atoms with Gasteiger partial charge in [0.2, 0.25) is 0 Å². The fourth-order valence-electron chi connectivity index (χ4n) is 5.01. The topological polar surface area (TPSA) is 63.7 Å². The van der Waals surface area contributed by atoms with Gasteiger partial charge in [-0.3, -0.25) is 14.6 Å². The predicted molar refractivity (Wildman–Crippen MR) is 145 cm³/mol. The average molecular weight is 528 g/mol. The highest BCUT2D eigenvalue weighted by Gasteiger charge is 2.39. The maximum absolute atomic E-state index is 14.3. The Labute approximate surface area is 223 Å². The zero-order chi connectivity index (χ0) is 25.5. The Bertz CT molecular complexity index is 1010. The normalized spacial score (nSPS) is 23.5. The summed E-state index contributed by atoms with van der Waals surface area (Å²) in [6, 6.07) is 16.2. The van der Waals surface area contributed by atoms with E-state index in [-0.39, 0.29) is 11.2 Å². The number of carbonyl (C=O) groups excluding carboxylic acids is 1. The van der Waals surface area contributed by atoms with Gasteiger partial charge in [-0.1, -0.05) is 24.3 Å². The van der Waals surface area contributed by atoms with Gasteiger partial charge in [-0.05, 0) is 29.8 Å². The lowest BCUT2D eigenvalue weighted by Gasteiger charge is -2.32. The number of nitrogens with zero attached hydrogens (tertiary/aromatic N) is 3. The number of ether oxygens (including phenoxy) is 4. The van der Waals surface area contributed by atoms with Gasteiger partial charge in [0, 0.05) is 50.7 Å². The quantitative estimate of drug-likeness (QED) is 0.494. The molecule has 200 valence electrons. The van der Waals surface area contributed by atoms with Gasteiger partial charge in [0.25, 0.3) is 5.91 Å². The molecule has 2 fully saturated rings. The Morgan fingerprint density at radius 2 is 1.51 bits per heavy atom. The van der Waals surface area contributed by atoms with Crippen LogP contribution in [-0.4, -0.2) is 108 Å². The number of methoxy groups -OCH3 is 1. The number of carbonyl (C=O) groups is 1. The lowest BCUT2D eigenvalue weighted by atomic mass is 10.1. The van der Waals surface area contributed by atoms with E-state index in [0.717, 1.165) is 87.6 Å². The monoisotopic (exact) mass is 527 g/mol. The van der Waals surface area contributed by atoms with Gasteiger partial charge in [-0.25, -0.2) is 0 Å². The van der Waals surface area contributed by atoms with Crippen LogP contribution in [0.1, 0.15) is 10.8 Å². The molecule has 2 aromatic rings. The number of anilines is 1. The van der Waals surface area contributed by atoms with Crippen molar-refractivity contribution in [1.29, 1.82) is 0 Å². The second kappa shape index (κ2) is 13.1. The minimum absolute atomic E-state index is 0.0218. The van der Waals surface area contributed by atoms with Crippen LogP contribution >= 0.6 is 11.8 Å². The molecule has 0 bridgehead atoms. The molecular formula is C28H37N3O5S. The molecule has 2 saturated heterocycles. The van der Waals surface area contributed by atoms with Crippen molar-refractivity contribution in [1.82, 2.24) is 9.80 Å². The molecule has 0 saturated carbocycles. The highest BCUT2D eigenvalue weighted by molar-refractivity contribution is 7.99. The van der Waals surface area contributed by atoms with Crippen molar-refractivity contribution in [3.8, 4) is 5.75 Å². The van der Waals surface area contributed by atoms with Crippen LogP contribution in [0.15, 0.2) is 53.4 Å². The molecule has 0 radical (unpaired) electrons. The number of thioether (sulfide) groups is 1. The first kappa shape index (κ1) is 26.5. The molecule has 0 unspecified atom stereocenters. The van der Waals surface area contributed by atoms with Crippen molar-refractivity contribution in [2.75, 3.05) is 90.9 Å². The molecule has 3 aliphatic heterocycles. The van der Waals surface area contributed by atoms with Crippen molar-refractivity contribution >= 4 is 23.4 Å². The predicted octanol–water partition coefficient (Wildman–Crippen LogP) is 2.92. The largest absolute Gasteiger partial charge is 0.497 e. The first-order chi connectivity index (χ1) is 18.2. The van der Waals surface area contributed by atoms with Gasteiger partial charge in [-0.2, -0.15) is 0 Å². The number of morpholine rings is 2. The molecule has 5 rings (SSSR count). The summed E-state index contributed by atoms with van der Waals surface area (Å²) in [5, 5.41) is -0.169. The van der Waals surface area contributed by atoms with E-state index in [4.69, 9.17) is 18.9 Å². The number of rotatable bonds is 9. The van der Waals surface area contributed by atoms with E-state index in [0.29, 0.717) is 13.2 Å². The molecular weight excluding hydrogens is 490 g/mol. The molecule has 0 spiro atoms. The zero-order valence-electron chi connectivity index (χ0n) is 21.5. The van der Waals surface area contributed by atoms with E-state index >= 15 is 0 Å². The third-order valence-corrected chi connectivity index (χ3v) is 8.56. The molecule has 0 aromatic heterocycles. The molecule has 1 amide bonds. The second-order valence-electron chi connectivity index (χ2n) is 9.47. The first-order valence-corrected chi connectivity index (χ1v) is 14.0. The lowest BCUT2D eigenvalue weighted by Crippen LogP contribution is -2.47. The average Bonchev–Trinajstić information content (AvgIpc) is 3.07. The van der Waals surface area contributed by atoms with Crippen LogP contribution in [-0.2, 0) is 19.0 Å². The van der Waals surface area contributed by atoms with Gasteiger partial charge in [-0.15, -0.1) is 11.8 Å². The summed E-state index contributed by atoms with van der Waals surface area (Å²) >= 11 is 1.71. The van der Waals surface area contributed by atoms with E-state index in [9.17, 15) is 4.79 Å². The van der Waals surface area contributed by atoms with E-state index in [1.165, 1.54) is 0 Å². The standard InChI is InChI=1S/C28H37N3O5S/c1-33-23-8-6-22(7-9-23)27-26(36-21-16-30-14-19-35-20-15-30)28(32)31(11-10-29-12-17-34-18-13-29)24-4-2-3-5-25(24)37-27/h2-9,26-27H,10-21H2,1H3/t26-,27+/m1/s1. The molecule has 3 heterocycles. The Morgan fingerprint density at radius 1 is 0.865 bits per heavy atom. The Hall–Kier alpha value is -2.14. The SMILES string of the molecule is COc1ccc([C@@H]2Sc3ccccc3N(CCN3CCOCC3)C(=O)[C@@H]2OCCN2CCOCC2)cc1. The highest BCUT2D eigenvalue weighted by Crippen LogP contribution is 2.46. The van der Waals surface area contributed by atoms with E-state index in [2.05, 4.69) is 21.9 Å². The third-order valence-electron chi connectivity index (χ3n) is 7.19. The molecule has 0 N–H and O–H groups in total. The van der Waals surface area contributed by atoms with Gasteiger partial charge < -0.3 is 23.8 Å². The smallest absolute Gasteiger partial charge is 0.257 e. The Balaban J connectivity index is 1.40. The van der Waals surface area contributed by atoms with Crippen LogP contribution in [0.5, 0.6) is 5.75 Å². The Kier molecular flexibility index (Phi) is 9.36. The summed E-state index contributed by atoms with van der Waals surface area (Å²) in [4.78, 5) is 22.0. The summed E-state index contributed by atoms with van der Waals surface area (Å²) in [5.41, 5.74) is 2.02. The summed E-state index contributed by atoms with van der Waals surface area (Å²) < 4.78 is 22.9. The molecule has 37 heavy (non-hydrogen) atoms. The fraction of sp³-hybridized carbons (Fsp3) is 0.536. The first-order valence-electron chi connectivity index (χ1n) is 13.2. The fourth-order valence-corrected chi connectivity index (χ4v) is 6.35. The van der Waals surface area contributed by atoms with Gasteiger partial charge in [0.1, 0.15) is 5.75 Å². The van der Waals surface area contributed by atoms with Crippen molar-refractivity contribution in [2.45, 2.75) is 16.2 Å². The van der Waals surface area contributed by atoms with E-state index in [1.54, 1.807) is 18.9 Å². The number of hydrogen-bond acceptors (Lipinski definition) is 8. The summed E-state index contributed by atoms with van der Waals surface area (Å²) in [7, 11) is 1.67. The number of para-hydroxylation sites is 1. The minimum atomic E-state index is -0.600. The number of hydrogen-bond donors (Lipinski definition) is 0. The maximum atomic E-state index is 14.3. The number of amides is 1. The summed E-state index contributed by atoms with van der Waals surface area (Å²) in [6.07, 6.45) is -0.600. The third kappa shape index (κ3) is 6.66. The molecule has 8 nitrogen and oxygen atoms in total. The molecule has 9 heteroatoms. The van der Waals surface area contributed by atoms with Gasteiger partial charge in [0.05, 0.1) is 51.1 Å². The number of benzene rings is 2. The van der Waals surface area contributed by atoms with Crippen LogP contribution in [0.4, 0.5) is 5.69 Å². The van der Waals surface area contributed by atoms with E-state index in [1.807, 2.05) is 41.3 Å². The van der Waals surface area contributed by atoms with Crippen molar-refractivity contribution in [3.63, 3.8) is 0 Å². The molecule has 0 aliphatic carbocycles. The summed E-state index contributed by atoms with van der Waals surface area (Å²) in [6.45, 7) is 9.28. The number of fused-ring (bicyclic) bond motifs is 1. The maximum Gasteiger partial charge on any atom is 0.257 e. The van der Waals surface area contributed by atoms with Crippen LogP contribution in [0.2, 0.25) is 0 Å².